The van der Waals surface area contributed by atoms with Gasteiger partial charge in [0.1, 0.15) is 5.69 Å². The highest BCUT2D eigenvalue weighted by Crippen LogP contribution is 2.18. The summed E-state index contributed by atoms with van der Waals surface area (Å²) in [5.74, 6) is -2.37. The average molecular weight is 277 g/mol. The van der Waals surface area contributed by atoms with E-state index in [1.807, 2.05) is 0 Å². The molecule has 0 saturated heterocycles. The van der Waals surface area contributed by atoms with E-state index in [0.717, 1.165) is 12.1 Å². The van der Waals surface area contributed by atoms with Crippen LogP contribution >= 0.6 is 0 Å². The maximum absolute atomic E-state index is 11.9. The molecule has 0 aliphatic carbocycles. The molecule has 0 aliphatic heterocycles. The van der Waals surface area contributed by atoms with E-state index < -0.39 is 23.3 Å². The Labute approximate surface area is 112 Å². The minimum Gasteiger partial charge on any atom is -0.494 e. The number of hydrogen-bond acceptors (Lipinski definition) is 4. The number of aryl methyl sites for hydroxylation is 1. The lowest BCUT2D eigenvalue weighted by atomic mass is 10.2. The van der Waals surface area contributed by atoms with E-state index in [0.29, 0.717) is 5.69 Å². The summed E-state index contributed by atoms with van der Waals surface area (Å²) in [6, 6.07) is 3.51. The number of rotatable bonds is 3. The second-order valence-electron chi connectivity index (χ2n) is 4.12. The van der Waals surface area contributed by atoms with Crippen molar-refractivity contribution < 1.29 is 19.8 Å². The third-order valence-corrected chi connectivity index (χ3v) is 2.51. The zero-order valence-corrected chi connectivity index (χ0v) is 10.4. The number of aromatic carboxylic acids is 1. The van der Waals surface area contributed by atoms with Crippen molar-refractivity contribution in [2.75, 3.05) is 5.32 Å². The first kappa shape index (κ1) is 13.4. The largest absolute Gasteiger partial charge is 0.494 e. The van der Waals surface area contributed by atoms with Gasteiger partial charge in [0.2, 0.25) is 0 Å². The van der Waals surface area contributed by atoms with Gasteiger partial charge in [0.25, 0.3) is 11.5 Å². The predicted molar refractivity (Wildman–Crippen MR) is 69.2 cm³/mol. The van der Waals surface area contributed by atoms with Crippen LogP contribution in [0.3, 0.4) is 0 Å². The number of carbonyl (C=O) groups is 2. The Kier molecular flexibility index (Phi) is 3.30. The van der Waals surface area contributed by atoms with Crippen LogP contribution in [0.1, 0.15) is 26.5 Å². The van der Waals surface area contributed by atoms with Crippen LogP contribution in [0.25, 0.3) is 0 Å². The van der Waals surface area contributed by atoms with Crippen molar-refractivity contribution in [1.82, 2.24) is 9.97 Å². The van der Waals surface area contributed by atoms with Crippen LogP contribution in [0.2, 0.25) is 0 Å². The predicted octanol–water partition coefficient (Wildman–Crippen LogP) is 0.668. The molecule has 0 unspecified atom stereocenters. The van der Waals surface area contributed by atoms with E-state index >= 15 is 0 Å². The highest BCUT2D eigenvalue weighted by molar-refractivity contribution is 6.07. The first-order chi connectivity index (χ1) is 9.36. The van der Waals surface area contributed by atoms with Crippen LogP contribution in [0.15, 0.2) is 23.0 Å². The third-order valence-electron chi connectivity index (χ3n) is 2.51. The number of aromatic nitrogens is 2. The van der Waals surface area contributed by atoms with E-state index in [1.165, 1.54) is 6.07 Å². The van der Waals surface area contributed by atoms with Gasteiger partial charge in [0.15, 0.2) is 5.88 Å². The molecule has 0 saturated carbocycles. The third kappa shape index (κ3) is 2.69. The molecular formula is C12H11N3O5. The summed E-state index contributed by atoms with van der Waals surface area (Å²) in [6.07, 6.45) is 0. The minimum absolute atomic E-state index is 0.0820. The van der Waals surface area contributed by atoms with Crippen LogP contribution in [0, 0.1) is 6.92 Å². The molecule has 0 aliphatic rings. The fourth-order valence-electron chi connectivity index (χ4n) is 1.71. The Morgan fingerprint density at radius 3 is 2.50 bits per heavy atom. The molecule has 2 aromatic heterocycles. The molecule has 20 heavy (non-hydrogen) atoms. The van der Waals surface area contributed by atoms with Gasteiger partial charge in [0, 0.05) is 17.8 Å². The van der Waals surface area contributed by atoms with Gasteiger partial charge in [-0.3, -0.25) is 14.6 Å². The molecule has 104 valence electrons. The van der Waals surface area contributed by atoms with E-state index in [1.54, 1.807) is 6.92 Å². The summed E-state index contributed by atoms with van der Waals surface area (Å²) < 4.78 is 0. The highest BCUT2D eigenvalue weighted by Gasteiger charge is 2.16. The minimum atomic E-state index is -1.22. The number of carboxylic acids is 1. The lowest BCUT2D eigenvalue weighted by Crippen LogP contribution is -2.17. The Hall–Kier alpha value is -3.03. The molecule has 0 fully saturated rings. The number of pyridine rings is 1. The number of carbonyl (C=O) groups excluding carboxylic acids is 1. The van der Waals surface area contributed by atoms with Gasteiger partial charge in [0.05, 0.1) is 11.3 Å². The summed E-state index contributed by atoms with van der Waals surface area (Å²) in [5.41, 5.74) is -0.239. The van der Waals surface area contributed by atoms with E-state index in [-0.39, 0.29) is 16.9 Å². The topological polar surface area (TPSA) is 135 Å². The lowest BCUT2D eigenvalue weighted by Gasteiger charge is -2.04. The van der Waals surface area contributed by atoms with E-state index in [2.05, 4.69) is 15.3 Å². The molecule has 2 rings (SSSR count). The first-order valence-corrected chi connectivity index (χ1v) is 5.54. The highest BCUT2D eigenvalue weighted by atomic mass is 16.4. The number of aromatic hydroxyl groups is 1. The van der Waals surface area contributed by atoms with Gasteiger partial charge in [-0.2, -0.15) is 0 Å². The molecule has 8 nitrogen and oxygen atoms in total. The number of nitrogens with one attached hydrogen (secondary N) is 3. The number of aromatic amines is 2. The molecule has 0 bridgehead atoms. The Bertz CT molecular complexity index is 744. The zero-order valence-electron chi connectivity index (χ0n) is 10.4. The van der Waals surface area contributed by atoms with Gasteiger partial charge in [-0.15, -0.1) is 0 Å². The molecule has 2 aromatic rings. The standard InChI is InChI=1S/C12H11N3O5/c1-5-2-7(10(13-5)12(19)20)14-11(18)6-3-8(16)15-9(17)4-6/h2-4,13H,1H3,(H,14,18)(H,19,20)(H2,15,16,17). The van der Waals surface area contributed by atoms with Gasteiger partial charge < -0.3 is 20.5 Å². The van der Waals surface area contributed by atoms with Gasteiger partial charge >= 0.3 is 5.97 Å². The first-order valence-electron chi connectivity index (χ1n) is 5.54. The molecule has 0 aromatic carbocycles. The maximum Gasteiger partial charge on any atom is 0.354 e. The van der Waals surface area contributed by atoms with Crippen molar-refractivity contribution >= 4 is 17.6 Å². The smallest absolute Gasteiger partial charge is 0.354 e. The van der Waals surface area contributed by atoms with Gasteiger partial charge in [-0.1, -0.05) is 0 Å². The zero-order chi connectivity index (χ0) is 14.9. The quantitative estimate of drug-likeness (QED) is 0.561. The van der Waals surface area contributed by atoms with Crippen LogP contribution < -0.4 is 10.9 Å². The maximum atomic E-state index is 11.9. The fraction of sp³-hybridized carbons (Fsp3) is 0.0833. The fourth-order valence-corrected chi connectivity index (χ4v) is 1.71. The lowest BCUT2D eigenvalue weighted by molar-refractivity contribution is 0.0692. The SMILES string of the molecule is Cc1cc(NC(=O)c2cc(O)[nH]c(=O)c2)c(C(=O)O)[nH]1. The van der Waals surface area contributed by atoms with Crippen LogP contribution in [0.5, 0.6) is 5.88 Å². The number of anilines is 1. The number of H-pyrrole nitrogens is 2. The molecule has 0 spiro atoms. The summed E-state index contributed by atoms with van der Waals surface area (Å²) in [7, 11) is 0. The summed E-state index contributed by atoms with van der Waals surface area (Å²) >= 11 is 0. The van der Waals surface area contributed by atoms with Crippen molar-refractivity contribution in [3.05, 3.63) is 45.5 Å². The van der Waals surface area contributed by atoms with E-state index in [4.69, 9.17) is 5.11 Å². The number of hydrogen-bond donors (Lipinski definition) is 5. The van der Waals surface area contributed by atoms with E-state index in [9.17, 15) is 19.5 Å². The average Bonchev–Trinajstić information content (AvgIpc) is 2.69. The van der Waals surface area contributed by atoms with Crippen molar-refractivity contribution in [3.8, 4) is 5.88 Å². The number of amides is 1. The second-order valence-corrected chi connectivity index (χ2v) is 4.12. The summed E-state index contributed by atoms with van der Waals surface area (Å²) in [6.45, 7) is 1.64. The number of carboxylic acid groups (broad SMARTS) is 1. The molecule has 5 N–H and O–H groups in total. The normalized spacial score (nSPS) is 10.2. The van der Waals surface area contributed by atoms with Gasteiger partial charge in [-0.25, -0.2) is 4.79 Å². The molecule has 8 heteroatoms. The van der Waals surface area contributed by atoms with Crippen molar-refractivity contribution in [2.24, 2.45) is 0 Å². The summed E-state index contributed by atoms with van der Waals surface area (Å²) in [4.78, 5) is 38.7. The second kappa shape index (κ2) is 4.92. The Morgan fingerprint density at radius 2 is 1.90 bits per heavy atom. The van der Waals surface area contributed by atoms with Gasteiger partial charge in [-0.05, 0) is 13.0 Å². The molecule has 0 atom stereocenters. The molecule has 0 radical (unpaired) electrons. The Morgan fingerprint density at radius 1 is 1.20 bits per heavy atom. The molecule has 1 amide bonds. The summed E-state index contributed by atoms with van der Waals surface area (Å²) in [5, 5.41) is 20.6. The Balaban J connectivity index is 2.32. The molecule has 2 heterocycles. The molecular weight excluding hydrogens is 266 g/mol. The van der Waals surface area contributed by atoms with Crippen molar-refractivity contribution in [3.63, 3.8) is 0 Å². The van der Waals surface area contributed by atoms with Crippen molar-refractivity contribution in [2.45, 2.75) is 6.92 Å². The van der Waals surface area contributed by atoms with Crippen LogP contribution in [0.4, 0.5) is 5.69 Å². The van der Waals surface area contributed by atoms with Crippen LogP contribution in [-0.2, 0) is 0 Å². The monoisotopic (exact) mass is 277 g/mol. The van der Waals surface area contributed by atoms with Crippen molar-refractivity contribution in [1.29, 1.82) is 0 Å². The van der Waals surface area contributed by atoms with Crippen LogP contribution in [-0.4, -0.2) is 32.1 Å².